The highest BCUT2D eigenvalue weighted by Crippen LogP contribution is 2.30. The molecular formula is C23H26N2O3. The van der Waals surface area contributed by atoms with Crippen molar-refractivity contribution in [3.63, 3.8) is 0 Å². The second-order valence-corrected chi connectivity index (χ2v) is 7.22. The van der Waals surface area contributed by atoms with Gasteiger partial charge in [-0.3, -0.25) is 4.79 Å². The molecule has 2 aromatic carbocycles. The van der Waals surface area contributed by atoms with E-state index in [9.17, 15) is 4.79 Å². The number of hydrogen-bond donors (Lipinski definition) is 2. The van der Waals surface area contributed by atoms with E-state index in [0.29, 0.717) is 25.2 Å². The number of aromatic nitrogens is 1. The maximum Gasteiger partial charge on any atom is 0.220 e. The summed E-state index contributed by atoms with van der Waals surface area (Å²) in [4.78, 5) is 15.9. The molecule has 0 aliphatic heterocycles. The molecule has 0 saturated heterocycles. The lowest BCUT2D eigenvalue weighted by molar-refractivity contribution is -0.121. The molecule has 4 rings (SSSR count). The summed E-state index contributed by atoms with van der Waals surface area (Å²) in [5, 5.41) is 4.47. The predicted octanol–water partition coefficient (Wildman–Crippen LogP) is 3.79. The Kier molecular flexibility index (Phi) is 5.24. The van der Waals surface area contributed by atoms with Crippen LogP contribution in [0.5, 0.6) is 11.5 Å². The van der Waals surface area contributed by atoms with Crippen LogP contribution in [-0.2, 0) is 24.1 Å². The Morgan fingerprint density at radius 3 is 2.86 bits per heavy atom. The number of carbonyl (C=O) groups is 1. The van der Waals surface area contributed by atoms with Gasteiger partial charge < -0.3 is 19.8 Å². The van der Waals surface area contributed by atoms with Crippen LogP contribution in [-0.4, -0.2) is 30.6 Å². The number of hydrogen-bond acceptors (Lipinski definition) is 3. The summed E-state index contributed by atoms with van der Waals surface area (Å²) < 4.78 is 10.9. The zero-order chi connectivity index (χ0) is 19.5. The lowest BCUT2D eigenvalue weighted by Gasteiger charge is -2.13. The Morgan fingerprint density at radius 1 is 1.18 bits per heavy atom. The molecule has 1 aliphatic rings. The van der Waals surface area contributed by atoms with E-state index in [4.69, 9.17) is 9.47 Å². The first kappa shape index (κ1) is 18.4. The molecule has 1 aromatic heterocycles. The van der Waals surface area contributed by atoms with Gasteiger partial charge >= 0.3 is 0 Å². The Bertz CT molecular complexity index is 993. The number of para-hydroxylation sites is 1. The number of H-pyrrole nitrogens is 1. The van der Waals surface area contributed by atoms with E-state index in [2.05, 4.69) is 28.5 Å². The molecule has 2 N–H and O–H groups in total. The highest BCUT2D eigenvalue weighted by Gasteiger charge is 2.26. The monoisotopic (exact) mass is 378 g/mol. The van der Waals surface area contributed by atoms with E-state index in [1.165, 1.54) is 22.2 Å². The van der Waals surface area contributed by atoms with E-state index in [0.717, 1.165) is 24.2 Å². The van der Waals surface area contributed by atoms with Crippen LogP contribution in [0.2, 0.25) is 0 Å². The third-order valence-corrected chi connectivity index (χ3v) is 5.34. The van der Waals surface area contributed by atoms with Gasteiger partial charge in [0.05, 0.1) is 13.7 Å². The summed E-state index contributed by atoms with van der Waals surface area (Å²) in [6, 6.07) is 14.4. The van der Waals surface area contributed by atoms with Crippen molar-refractivity contribution >= 4 is 16.8 Å². The van der Waals surface area contributed by atoms with Crippen molar-refractivity contribution in [2.75, 3.05) is 13.7 Å². The third kappa shape index (κ3) is 3.70. The fourth-order valence-corrected chi connectivity index (χ4v) is 4.03. The van der Waals surface area contributed by atoms with Crippen molar-refractivity contribution in [1.29, 1.82) is 0 Å². The van der Waals surface area contributed by atoms with Gasteiger partial charge in [0.25, 0.3) is 0 Å². The number of nitrogens with one attached hydrogen (secondary N) is 2. The van der Waals surface area contributed by atoms with Crippen LogP contribution >= 0.6 is 0 Å². The first-order valence-corrected chi connectivity index (χ1v) is 9.85. The van der Waals surface area contributed by atoms with Gasteiger partial charge in [0.1, 0.15) is 0 Å². The van der Waals surface area contributed by atoms with Gasteiger partial charge in [-0.25, -0.2) is 0 Å². The van der Waals surface area contributed by atoms with E-state index < -0.39 is 0 Å². The number of methoxy groups -OCH3 is 1. The fraction of sp³-hybridized carbons (Fsp3) is 0.348. The molecular weight excluding hydrogens is 352 g/mol. The minimum atomic E-state index is 0.0901. The van der Waals surface area contributed by atoms with Gasteiger partial charge in [-0.05, 0) is 49.1 Å². The lowest BCUT2D eigenvalue weighted by atomic mass is 10.1. The zero-order valence-electron chi connectivity index (χ0n) is 16.4. The van der Waals surface area contributed by atoms with Gasteiger partial charge in [0.15, 0.2) is 11.5 Å². The molecule has 0 saturated carbocycles. The summed E-state index contributed by atoms with van der Waals surface area (Å²) in [6.45, 7) is 2.54. The van der Waals surface area contributed by atoms with Crippen molar-refractivity contribution in [1.82, 2.24) is 10.3 Å². The topological polar surface area (TPSA) is 63.3 Å². The molecule has 0 fully saturated rings. The Labute approximate surface area is 165 Å². The summed E-state index contributed by atoms with van der Waals surface area (Å²) in [7, 11) is 1.63. The second kappa shape index (κ2) is 7.97. The average Bonchev–Trinajstić information content (AvgIpc) is 3.24. The molecule has 1 unspecified atom stereocenters. The lowest BCUT2D eigenvalue weighted by Crippen LogP contribution is -2.35. The molecule has 146 valence electrons. The van der Waals surface area contributed by atoms with Gasteiger partial charge in [-0.1, -0.05) is 24.3 Å². The van der Waals surface area contributed by atoms with Crippen molar-refractivity contribution < 1.29 is 14.3 Å². The van der Waals surface area contributed by atoms with Crippen LogP contribution in [0.1, 0.15) is 30.2 Å². The first-order chi connectivity index (χ1) is 13.7. The number of aromatic amines is 1. The number of aryl methyl sites for hydroxylation is 1. The standard InChI is InChI=1S/C23H26N2O3/c1-3-28-21-10-8-15(12-22(21)27-2)9-11-23(26)24-16-13-18-17-6-4-5-7-19(17)25-20(18)14-16/h4-8,10,12,16,25H,3,9,11,13-14H2,1-2H3,(H,24,26). The number of rotatable bonds is 7. The van der Waals surface area contributed by atoms with Crippen molar-refractivity contribution in [2.45, 2.75) is 38.6 Å². The van der Waals surface area contributed by atoms with E-state index in [1.807, 2.05) is 31.2 Å². The first-order valence-electron chi connectivity index (χ1n) is 9.85. The third-order valence-electron chi connectivity index (χ3n) is 5.34. The Balaban J connectivity index is 1.33. The van der Waals surface area contributed by atoms with Crippen LogP contribution in [0, 0.1) is 0 Å². The summed E-state index contributed by atoms with van der Waals surface area (Å²) in [6.07, 6.45) is 2.90. The van der Waals surface area contributed by atoms with Crippen molar-refractivity contribution in [2.24, 2.45) is 0 Å². The molecule has 5 heteroatoms. The van der Waals surface area contributed by atoms with Gasteiger partial charge in [0.2, 0.25) is 5.91 Å². The minimum absolute atomic E-state index is 0.0901. The Hall–Kier alpha value is -2.95. The molecule has 28 heavy (non-hydrogen) atoms. The summed E-state index contributed by atoms with van der Waals surface area (Å²) in [5.74, 6) is 1.53. The van der Waals surface area contributed by atoms with Crippen LogP contribution in [0.3, 0.4) is 0 Å². The Morgan fingerprint density at radius 2 is 2.04 bits per heavy atom. The quantitative estimate of drug-likeness (QED) is 0.657. The molecule has 5 nitrogen and oxygen atoms in total. The van der Waals surface area contributed by atoms with E-state index in [1.54, 1.807) is 7.11 Å². The number of fused-ring (bicyclic) bond motifs is 3. The molecule has 1 atom stereocenters. The zero-order valence-corrected chi connectivity index (χ0v) is 16.4. The van der Waals surface area contributed by atoms with Crippen LogP contribution in [0.4, 0.5) is 0 Å². The molecule has 1 amide bonds. The number of carbonyl (C=O) groups excluding carboxylic acids is 1. The van der Waals surface area contributed by atoms with Gasteiger partial charge in [-0.15, -0.1) is 0 Å². The highest BCUT2D eigenvalue weighted by atomic mass is 16.5. The largest absolute Gasteiger partial charge is 0.493 e. The summed E-state index contributed by atoms with van der Waals surface area (Å²) in [5.41, 5.74) is 4.85. The van der Waals surface area contributed by atoms with Crippen LogP contribution in [0.15, 0.2) is 42.5 Å². The number of benzene rings is 2. The minimum Gasteiger partial charge on any atom is -0.493 e. The van der Waals surface area contributed by atoms with E-state index in [-0.39, 0.29) is 11.9 Å². The summed E-state index contributed by atoms with van der Waals surface area (Å²) >= 11 is 0. The van der Waals surface area contributed by atoms with Crippen LogP contribution < -0.4 is 14.8 Å². The SMILES string of the molecule is CCOc1ccc(CCC(=O)NC2Cc3[nH]c4ccccc4c3C2)cc1OC. The van der Waals surface area contributed by atoms with Gasteiger partial charge in [0, 0.05) is 35.5 Å². The molecule has 1 heterocycles. The van der Waals surface area contributed by atoms with E-state index >= 15 is 0 Å². The van der Waals surface area contributed by atoms with Crippen LogP contribution in [0.25, 0.3) is 10.9 Å². The predicted molar refractivity (Wildman–Crippen MR) is 110 cm³/mol. The molecule has 0 spiro atoms. The van der Waals surface area contributed by atoms with Crippen molar-refractivity contribution in [3.05, 3.63) is 59.3 Å². The number of amides is 1. The molecule has 3 aromatic rings. The van der Waals surface area contributed by atoms with Crippen molar-refractivity contribution in [3.8, 4) is 11.5 Å². The second-order valence-electron chi connectivity index (χ2n) is 7.22. The number of ether oxygens (including phenoxy) is 2. The highest BCUT2D eigenvalue weighted by molar-refractivity contribution is 5.85. The smallest absolute Gasteiger partial charge is 0.220 e. The normalized spacial score (nSPS) is 15.4. The molecule has 0 radical (unpaired) electrons. The van der Waals surface area contributed by atoms with Gasteiger partial charge in [-0.2, -0.15) is 0 Å². The fourth-order valence-electron chi connectivity index (χ4n) is 4.03. The maximum atomic E-state index is 12.5. The molecule has 0 bridgehead atoms. The average molecular weight is 378 g/mol. The maximum absolute atomic E-state index is 12.5. The molecule has 1 aliphatic carbocycles.